The average molecular weight is 277 g/mol. The van der Waals surface area contributed by atoms with Crippen molar-refractivity contribution in [1.82, 2.24) is 9.97 Å². The molecule has 1 N–H and O–H groups in total. The number of benzene rings is 1. The van der Waals surface area contributed by atoms with Gasteiger partial charge >= 0.3 is 0 Å². The number of halogens is 1. The van der Waals surface area contributed by atoms with Crippen LogP contribution >= 0.6 is 0 Å². The minimum Gasteiger partial charge on any atom is -0.497 e. The van der Waals surface area contributed by atoms with Crippen LogP contribution in [-0.4, -0.2) is 24.2 Å². The molecular formula is C14H16FN3O2. The van der Waals surface area contributed by atoms with Gasteiger partial charge < -0.3 is 14.8 Å². The van der Waals surface area contributed by atoms with E-state index in [4.69, 9.17) is 9.47 Å². The van der Waals surface area contributed by atoms with Crippen LogP contribution in [0.5, 0.6) is 5.75 Å². The second-order valence-electron chi connectivity index (χ2n) is 4.25. The highest BCUT2D eigenvalue weighted by molar-refractivity contribution is 5.58. The van der Waals surface area contributed by atoms with E-state index in [1.165, 1.54) is 19.2 Å². The third-order valence-electron chi connectivity index (χ3n) is 2.55. The summed E-state index contributed by atoms with van der Waals surface area (Å²) >= 11 is 0. The predicted molar refractivity (Wildman–Crippen MR) is 73.7 cm³/mol. The summed E-state index contributed by atoms with van der Waals surface area (Å²) in [5.41, 5.74) is 1.36. The first kappa shape index (κ1) is 14.2. The lowest BCUT2D eigenvalue weighted by atomic mass is 10.3. The van der Waals surface area contributed by atoms with Crippen molar-refractivity contribution >= 4 is 11.5 Å². The molecule has 0 aliphatic heterocycles. The average Bonchev–Trinajstić information content (AvgIpc) is 2.37. The summed E-state index contributed by atoms with van der Waals surface area (Å²) in [6.07, 6.45) is 0. The molecule has 0 radical (unpaired) electrons. The SMILES string of the molecule is COCc1nc(C)cc(Nc2cc(F)cc(OC)c2)n1. The highest BCUT2D eigenvalue weighted by Crippen LogP contribution is 2.22. The maximum Gasteiger partial charge on any atom is 0.156 e. The van der Waals surface area contributed by atoms with Crippen LogP contribution < -0.4 is 10.1 Å². The van der Waals surface area contributed by atoms with E-state index in [0.29, 0.717) is 29.7 Å². The highest BCUT2D eigenvalue weighted by atomic mass is 19.1. The Morgan fingerprint density at radius 1 is 1.15 bits per heavy atom. The number of hydrogen-bond acceptors (Lipinski definition) is 5. The summed E-state index contributed by atoms with van der Waals surface area (Å²) in [5, 5.41) is 3.03. The van der Waals surface area contributed by atoms with E-state index in [2.05, 4.69) is 15.3 Å². The van der Waals surface area contributed by atoms with Gasteiger partial charge in [-0.25, -0.2) is 14.4 Å². The molecule has 0 atom stereocenters. The van der Waals surface area contributed by atoms with Crippen LogP contribution in [-0.2, 0) is 11.3 Å². The van der Waals surface area contributed by atoms with Crippen LogP contribution in [0.15, 0.2) is 24.3 Å². The zero-order valence-electron chi connectivity index (χ0n) is 11.6. The minimum atomic E-state index is -0.380. The molecule has 1 aromatic heterocycles. The first-order valence-electron chi connectivity index (χ1n) is 6.06. The molecule has 6 heteroatoms. The molecule has 0 aliphatic rings. The summed E-state index contributed by atoms with van der Waals surface area (Å²) < 4.78 is 23.5. The van der Waals surface area contributed by atoms with Crippen molar-refractivity contribution in [1.29, 1.82) is 0 Å². The van der Waals surface area contributed by atoms with Gasteiger partial charge in [0.15, 0.2) is 5.82 Å². The molecular weight excluding hydrogens is 261 g/mol. The lowest BCUT2D eigenvalue weighted by Gasteiger charge is -2.10. The molecule has 0 bridgehead atoms. The molecule has 106 valence electrons. The van der Waals surface area contributed by atoms with E-state index in [-0.39, 0.29) is 5.82 Å². The highest BCUT2D eigenvalue weighted by Gasteiger charge is 2.05. The standard InChI is InChI=1S/C14H16FN3O2/c1-9-4-13(18-14(16-9)8-19-2)17-11-5-10(15)6-12(7-11)20-3/h4-7H,8H2,1-3H3,(H,16,17,18). The van der Waals surface area contributed by atoms with Gasteiger partial charge in [-0.3, -0.25) is 0 Å². The van der Waals surface area contributed by atoms with Crippen molar-refractivity contribution in [2.24, 2.45) is 0 Å². The fourth-order valence-corrected chi connectivity index (χ4v) is 1.79. The third-order valence-corrected chi connectivity index (χ3v) is 2.55. The number of methoxy groups -OCH3 is 2. The van der Waals surface area contributed by atoms with Gasteiger partial charge in [-0.2, -0.15) is 0 Å². The van der Waals surface area contributed by atoms with E-state index < -0.39 is 0 Å². The Bertz CT molecular complexity index is 605. The van der Waals surface area contributed by atoms with E-state index in [0.717, 1.165) is 5.69 Å². The Morgan fingerprint density at radius 2 is 1.95 bits per heavy atom. The first-order valence-corrected chi connectivity index (χ1v) is 6.06. The van der Waals surface area contributed by atoms with Crippen LogP contribution in [0.2, 0.25) is 0 Å². The fourth-order valence-electron chi connectivity index (χ4n) is 1.79. The van der Waals surface area contributed by atoms with E-state index in [9.17, 15) is 4.39 Å². The normalized spacial score (nSPS) is 10.4. The Morgan fingerprint density at radius 3 is 2.65 bits per heavy atom. The minimum absolute atomic E-state index is 0.322. The van der Waals surface area contributed by atoms with Crippen LogP contribution in [0, 0.1) is 12.7 Å². The fraction of sp³-hybridized carbons (Fsp3) is 0.286. The molecule has 20 heavy (non-hydrogen) atoms. The lowest BCUT2D eigenvalue weighted by Crippen LogP contribution is -2.03. The van der Waals surface area contributed by atoms with E-state index >= 15 is 0 Å². The molecule has 2 aromatic rings. The topological polar surface area (TPSA) is 56.3 Å². The number of ether oxygens (including phenoxy) is 2. The van der Waals surface area contributed by atoms with Gasteiger partial charge in [0.1, 0.15) is 24.0 Å². The van der Waals surface area contributed by atoms with Crippen molar-refractivity contribution in [3.05, 3.63) is 41.6 Å². The van der Waals surface area contributed by atoms with Gasteiger partial charge in [0.25, 0.3) is 0 Å². The van der Waals surface area contributed by atoms with Crippen LogP contribution in [0.3, 0.4) is 0 Å². The van der Waals surface area contributed by atoms with Crippen LogP contribution in [0.25, 0.3) is 0 Å². The predicted octanol–water partition coefficient (Wildman–Crippen LogP) is 2.82. The zero-order chi connectivity index (χ0) is 14.5. The number of nitrogens with one attached hydrogen (secondary N) is 1. The number of rotatable bonds is 5. The summed E-state index contributed by atoms with van der Waals surface area (Å²) in [4.78, 5) is 8.53. The summed E-state index contributed by atoms with van der Waals surface area (Å²) in [7, 11) is 3.07. The maximum atomic E-state index is 13.4. The van der Waals surface area contributed by atoms with Crippen LogP contribution in [0.1, 0.15) is 11.5 Å². The lowest BCUT2D eigenvalue weighted by molar-refractivity contribution is 0.177. The molecule has 1 aromatic carbocycles. The monoisotopic (exact) mass is 277 g/mol. The van der Waals surface area contributed by atoms with Gasteiger partial charge in [-0.1, -0.05) is 0 Å². The van der Waals surface area contributed by atoms with Crippen molar-refractivity contribution < 1.29 is 13.9 Å². The molecule has 0 unspecified atom stereocenters. The quantitative estimate of drug-likeness (QED) is 0.910. The van der Waals surface area contributed by atoms with Gasteiger partial charge in [-0.15, -0.1) is 0 Å². The smallest absolute Gasteiger partial charge is 0.156 e. The van der Waals surface area contributed by atoms with Gasteiger partial charge in [0.05, 0.1) is 7.11 Å². The van der Waals surface area contributed by atoms with E-state index in [1.54, 1.807) is 19.2 Å². The molecule has 2 rings (SSSR count). The molecule has 5 nitrogen and oxygen atoms in total. The second-order valence-corrected chi connectivity index (χ2v) is 4.25. The Balaban J connectivity index is 2.27. The molecule has 0 fully saturated rings. The third kappa shape index (κ3) is 3.64. The van der Waals surface area contributed by atoms with Crippen molar-refractivity contribution in [3.8, 4) is 5.75 Å². The molecule has 0 amide bonds. The first-order chi connectivity index (χ1) is 9.60. The number of aryl methyl sites for hydroxylation is 1. The van der Waals surface area contributed by atoms with Crippen molar-refractivity contribution in [3.63, 3.8) is 0 Å². The Kier molecular flexibility index (Phi) is 4.47. The molecule has 0 saturated carbocycles. The number of anilines is 2. The van der Waals surface area contributed by atoms with Gasteiger partial charge in [-0.05, 0) is 13.0 Å². The largest absolute Gasteiger partial charge is 0.497 e. The Hall–Kier alpha value is -2.21. The number of nitrogens with zero attached hydrogens (tertiary/aromatic N) is 2. The number of hydrogen-bond donors (Lipinski definition) is 1. The van der Waals surface area contributed by atoms with Crippen LogP contribution in [0.4, 0.5) is 15.9 Å². The molecule has 1 heterocycles. The summed E-state index contributed by atoms with van der Waals surface area (Å²) in [6, 6.07) is 6.15. The molecule has 0 spiro atoms. The summed E-state index contributed by atoms with van der Waals surface area (Å²) in [6.45, 7) is 2.18. The van der Waals surface area contributed by atoms with Gasteiger partial charge in [0.2, 0.25) is 0 Å². The van der Waals surface area contributed by atoms with Crippen molar-refractivity contribution in [2.45, 2.75) is 13.5 Å². The molecule has 0 aliphatic carbocycles. The maximum absolute atomic E-state index is 13.4. The van der Waals surface area contributed by atoms with Gasteiger partial charge in [0, 0.05) is 36.7 Å². The second kappa shape index (κ2) is 6.29. The zero-order valence-corrected chi connectivity index (χ0v) is 11.6. The van der Waals surface area contributed by atoms with E-state index in [1.807, 2.05) is 6.92 Å². The summed E-state index contributed by atoms with van der Waals surface area (Å²) in [5.74, 6) is 1.21. The number of aromatic nitrogens is 2. The van der Waals surface area contributed by atoms with Crippen molar-refractivity contribution in [2.75, 3.05) is 19.5 Å². The Labute approximate surface area is 116 Å². The molecule has 0 saturated heterocycles.